The van der Waals surface area contributed by atoms with Gasteiger partial charge >= 0.3 is 5.97 Å². The van der Waals surface area contributed by atoms with Gasteiger partial charge in [-0.2, -0.15) is 0 Å². The molecule has 1 N–H and O–H groups in total. The molecule has 1 amide bonds. The largest absolute Gasteiger partial charge is 0.481 e. The lowest BCUT2D eigenvalue weighted by Crippen LogP contribution is -2.34. The Bertz CT molecular complexity index is 639. The van der Waals surface area contributed by atoms with Crippen LogP contribution in [0.5, 0.6) is 0 Å². The molecule has 22 heavy (non-hydrogen) atoms. The van der Waals surface area contributed by atoms with Gasteiger partial charge < -0.3 is 10.0 Å². The van der Waals surface area contributed by atoms with Crippen molar-refractivity contribution in [2.75, 3.05) is 12.8 Å². The third kappa shape index (κ3) is 2.92. The third-order valence-corrected chi connectivity index (χ3v) is 4.48. The predicted molar refractivity (Wildman–Crippen MR) is 84.7 cm³/mol. The first-order chi connectivity index (χ1) is 10.5. The van der Waals surface area contributed by atoms with Crippen LogP contribution in [0.25, 0.3) is 0 Å². The van der Waals surface area contributed by atoms with E-state index in [1.54, 1.807) is 35.2 Å². The Hall–Kier alpha value is -2.08. The van der Waals surface area contributed by atoms with E-state index in [1.807, 2.05) is 13.2 Å². The van der Waals surface area contributed by atoms with E-state index in [4.69, 9.17) is 5.11 Å². The van der Waals surface area contributed by atoms with Gasteiger partial charge in [-0.25, -0.2) is 0 Å². The third-order valence-electron chi connectivity index (χ3n) is 3.55. The lowest BCUT2D eigenvalue weighted by Gasteiger charge is -2.23. The molecule has 0 bridgehead atoms. The molecule has 116 valence electrons. The fourth-order valence-corrected chi connectivity index (χ4v) is 3.56. The Morgan fingerprint density at radius 1 is 1.27 bits per heavy atom. The SMILES string of the molecule is CCN1C(=O)C(CC(=O)O)=C(C(=O)c2ccccc2)[C@@H]1SC. The van der Waals surface area contributed by atoms with Gasteiger partial charge in [-0.15, -0.1) is 11.8 Å². The minimum absolute atomic E-state index is 0.0996. The average molecular weight is 319 g/mol. The van der Waals surface area contributed by atoms with Crippen molar-refractivity contribution in [1.29, 1.82) is 0 Å². The minimum Gasteiger partial charge on any atom is -0.481 e. The van der Waals surface area contributed by atoms with Gasteiger partial charge in [0, 0.05) is 23.3 Å². The molecule has 0 unspecified atom stereocenters. The summed E-state index contributed by atoms with van der Waals surface area (Å²) in [6, 6.07) is 8.63. The number of hydrogen-bond acceptors (Lipinski definition) is 4. The van der Waals surface area contributed by atoms with Gasteiger partial charge in [0.25, 0.3) is 5.91 Å². The number of hydrogen-bond donors (Lipinski definition) is 1. The first-order valence-corrected chi connectivity index (χ1v) is 8.18. The maximum Gasteiger partial charge on any atom is 0.308 e. The zero-order chi connectivity index (χ0) is 16.3. The lowest BCUT2D eigenvalue weighted by molar-refractivity contribution is -0.137. The Morgan fingerprint density at radius 3 is 2.41 bits per heavy atom. The molecule has 5 nitrogen and oxygen atoms in total. The van der Waals surface area contributed by atoms with Crippen LogP contribution in [0.15, 0.2) is 41.5 Å². The Balaban J connectivity index is 2.53. The second-order valence-corrected chi connectivity index (χ2v) is 5.76. The van der Waals surface area contributed by atoms with Crippen LogP contribution in [-0.2, 0) is 9.59 Å². The van der Waals surface area contributed by atoms with Crippen LogP contribution in [0.3, 0.4) is 0 Å². The monoisotopic (exact) mass is 319 g/mol. The van der Waals surface area contributed by atoms with E-state index >= 15 is 0 Å². The van der Waals surface area contributed by atoms with E-state index in [9.17, 15) is 14.4 Å². The highest BCUT2D eigenvalue weighted by molar-refractivity contribution is 7.99. The summed E-state index contributed by atoms with van der Waals surface area (Å²) in [4.78, 5) is 37.8. The number of ketones is 1. The van der Waals surface area contributed by atoms with Crippen LogP contribution in [0.1, 0.15) is 23.7 Å². The lowest BCUT2D eigenvalue weighted by atomic mass is 9.98. The molecule has 0 saturated heterocycles. The molecular formula is C16H17NO4S. The van der Waals surface area contributed by atoms with Crippen molar-refractivity contribution in [1.82, 2.24) is 4.90 Å². The Morgan fingerprint density at radius 2 is 1.91 bits per heavy atom. The van der Waals surface area contributed by atoms with Gasteiger partial charge in [0.2, 0.25) is 0 Å². The smallest absolute Gasteiger partial charge is 0.308 e. The van der Waals surface area contributed by atoms with Gasteiger partial charge in [-0.05, 0) is 13.2 Å². The van der Waals surface area contributed by atoms with Crippen molar-refractivity contribution in [3.8, 4) is 0 Å². The summed E-state index contributed by atoms with van der Waals surface area (Å²) in [6.45, 7) is 2.24. The van der Waals surface area contributed by atoms with Crippen LogP contribution in [0.4, 0.5) is 0 Å². The van der Waals surface area contributed by atoms with Gasteiger partial charge in [0.15, 0.2) is 5.78 Å². The maximum atomic E-state index is 12.8. The van der Waals surface area contributed by atoms with E-state index in [0.29, 0.717) is 17.7 Å². The molecule has 0 aromatic heterocycles. The Labute approximate surface area is 133 Å². The van der Waals surface area contributed by atoms with Crippen molar-refractivity contribution in [2.24, 2.45) is 0 Å². The molecule has 1 aliphatic rings. The van der Waals surface area contributed by atoms with E-state index in [0.717, 1.165) is 0 Å². The molecule has 0 spiro atoms. The number of nitrogens with zero attached hydrogens (tertiary/aromatic N) is 1. The van der Waals surface area contributed by atoms with Crippen molar-refractivity contribution >= 4 is 29.4 Å². The maximum absolute atomic E-state index is 12.8. The van der Waals surface area contributed by atoms with Gasteiger partial charge in [-0.3, -0.25) is 14.4 Å². The van der Waals surface area contributed by atoms with Crippen molar-refractivity contribution in [2.45, 2.75) is 18.7 Å². The number of carbonyl (C=O) groups is 3. The quantitative estimate of drug-likeness (QED) is 0.814. The summed E-state index contributed by atoms with van der Waals surface area (Å²) in [5.74, 6) is -1.75. The number of rotatable bonds is 6. The van der Waals surface area contributed by atoms with Gasteiger partial charge in [0.1, 0.15) is 5.37 Å². The highest BCUT2D eigenvalue weighted by Crippen LogP contribution is 2.35. The number of amides is 1. The van der Waals surface area contributed by atoms with Crippen molar-refractivity contribution in [3.05, 3.63) is 47.0 Å². The second-order valence-electron chi connectivity index (χ2n) is 4.84. The molecule has 0 fully saturated rings. The molecule has 1 heterocycles. The molecular weight excluding hydrogens is 302 g/mol. The molecule has 2 rings (SSSR count). The molecule has 0 radical (unpaired) electrons. The molecule has 0 aliphatic carbocycles. The van der Waals surface area contributed by atoms with Crippen LogP contribution < -0.4 is 0 Å². The van der Waals surface area contributed by atoms with E-state index in [2.05, 4.69) is 0 Å². The Kier molecular flexibility index (Phi) is 5.03. The topological polar surface area (TPSA) is 74.7 Å². The summed E-state index contributed by atoms with van der Waals surface area (Å²) < 4.78 is 0. The summed E-state index contributed by atoms with van der Waals surface area (Å²) >= 11 is 1.36. The molecule has 0 saturated carbocycles. The van der Waals surface area contributed by atoms with Crippen LogP contribution in [0, 0.1) is 0 Å². The zero-order valence-corrected chi connectivity index (χ0v) is 13.2. The number of thioether (sulfide) groups is 1. The summed E-state index contributed by atoms with van der Waals surface area (Å²) in [7, 11) is 0. The van der Waals surface area contributed by atoms with Crippen LogP contribution in [0.2, 0.25) is 0 Å². The number of carboxylic acid groups (broad SMARTS) is 1. The van der Waals surface area contributed by atoms with E-state index < -0.39 is 17.8 Å². The zero-order valence-electron chi connectivity index (χ0n) is 12.4. The highest BCUT2D eigenvalue weighted by atomic mass is 32.2. The number of Topliss-reactive ketones (excluding diaryl/α,β-unsaturated/α-hetero) is 1. The molecule has 1 aromatic carbocycles. The van der Waals surface area contributed by atoms with Gasteiger partial charge in [0.05, 0.1) is 6.42 Å². The second kappa shape index (κ2) is 6.79. The fraction of sp³-hybridized carbons (Fsp3) is 0.312. The summed E-state index contributed by atoms with van der Waals surface area (Å²) in [5.41, 5.74) is 0.862. The van der Waals surface area contributed by atoms with Gasteiger partial charge in [-0.1, -0.05) is 30.3 Å². The predicted octanol–water partition coefficient (Wildman–Crippen LogP) is 2.19. The highest BCUT2D eigenvalue weighted by Gasteiger charge is 2.41. The summed E-state index contributed by atoms with van der Waals surface area (Å²) in [5, 5.41) is 8.63. The number of likely N-dealkylation sites (N-methyl/N-ethyl adjacent to an activating group) is 1. The first-order valence-electron chi connectivity index (χ1n) is 6.89. The van der Waals surface area contributed by atoms with Crippen molar-refractivity contribution < 1.29 is 19.5 Å². The first kappa shape index (κ1) is 16.3. The normalized spacial score (nSPS) is 18.0. The van der Waals surface area contributed by atoms with Crippen LogP contribution >= 0.6 is 11.8 Å². The van der Waals surface area contributed by atoms with E-state index in [-0.39, 0.29) is 17.3 Å². The fourth-order valence-electron chi connectivity index (χ4n) is 2.57. The number of carboxylic acids is 1. The molecule has 1 atom stereocenters. The number of carbonyl (C=O) groups excluding carboxylic acids is 2. The summed E-state index contributed by atoms with van der Waals surface area (Å²) in [6.07, 6.45) is 1.38. The minimum atomic E-state index is -1.11. The molecule has 1 aliphatic heterocycles. The standard InChI is InChI=1S/C16H17NO4S/c1-3-17-15(21)11(9-12(18)19)13(16(17)22-2)14(20)10-7-5-4-6-8-10/h4-8,16H,3,9H2,1-2H3,(H,18,19)/t16-/m0/s1. The molecule has 6 heteroatoms. The molecule has 1 aromatic rings. The van der Waals surface area contributed by atoms with Crippen LogP contribution in [-0.4, -0.2) is 45.8 Å². The number of aliphatic carboxylic acids is 1. The number of benzene rings is 1. The van der Waals surface area contributed by atoms with E-state index in [1.165, 1.54) is 11.8 Å². The average Bonchev–Trinajstić information content (AvgIpc) is 2.78. The van der Waals surface area contributed by atoms with Crippen molar-refractivity contribution in [3.63, 3.8) is 0 Å².